The molecule has 3 rings (SSSR count). The highest BCUT2D eigenvalue weighted by Gasteiger charge is 2.22. The van der Waals surface area contributed by atoms with Crippen molar-refractivity contribution in [3.8, 4) is 5.88 Å². The molecule has 12 heteroatoms. The van der Waals surface area contributed by atoms with Gasteiger partial charge < -0.3 is 25.8 Å². The van der Waals surface area contributed by atoms with Gasteiger partial charge in [-0.05, 0) is 49.5 Å². The summed E-state index contributed by atoms with van der Waals surface area (Å²) in [6, 6.07) is 4.31. The van der Waals surface area contributed by atoms with Crippen LogP contribution in [-0.4, -0.2) is 83.6 Å². The van der Waals surface area contributed by atoms with Crippen LogP contribution < -0.4 is 21.1 Å². The molecule has 1 aliphatic rings. The number of unbranched alkanes of at least 4 members (excludes halogenated alkanes) is 3. The maximum absolute atomic E-state index is 14.1. The number of urea groups is 1. The lowest BCUT2D eigenvalue weighted by Crippen LogP contribution is -2.47. The maximum atomic E-state index is 14.1. The van der Waals surface area contributed by atoms with E-state index in [1.54, 1.807) is 19.1 Å². The van der Waals surface area contributed by atoms with Gasteiger partial charge in [-0.1, -0.05) is 25.0 Å². The Morgan fingerprint density at radius 2 is 1.84 bits per heavy atom. The highest BCUT2D eigenvalue weighted by atomic mass is 32.1. The Bertz CT molecular complexity index is 1030. The zero-order valence-corrected chi connectivity index (χ0v) is 22.1. The number of aliphatic hydroxyl groups excluding tert-OH is 1. The third-order valence-corrected chi connectivity index (χ3v) is 7.02. The second kappa shape index (κ2) is 14.8. The van der Waals surface area contributed by atoms with Crippen molar-refractivity contribution in [1.82, 2.24) is 19.5 Å². The molecule has 0 saturated carbocycles. The van der Waals surface area contributed by atoms with E-state index in [9.17, 15) is 14.0 Å². The molecule has 0 unspecified atom stereocenters. The van der Waals surface area contributed by atoms with E-state index in [0.717, 1.165) is 82.0 Å². The fourth-order valence-corrected chi connectivity index (χ4v) is 4.87. The van der Waals surface area contributed by atoms with Gasteiger partial charge in [0.1, 0.15) is 23.0 Å². The number of halogens is 1. The number of benzene rings is 1. The molecule has 0 atom stereocenters. The average molecular weight is 537 g/mol. The molecule has 2 aromatic rings. The van der Waals surface area contributed by atoms with Gasteiger partial charge in [0.05, 0.1) is 6.61 Å². The number of nitrogens with two attached hydrogens (primary N) is 1. The number of aryl methyl sites for hydroxylation is 1. The fourth-order valence-electron chi connectivity index (χ4n) is 4.13. The lowest BCUT2D eigenvalue weighted by Gasteiger charge is -2.34. The molecule has 1 aromatic heterocycles. The molecule has 1 saturated heterocycles. The van der Waals surface area contributed by atoms with E-state index in [4.69, 9.17) is 15.6 Å². The number of aliphatic hydroxyl groups is 1. The number of nitrogens with one attached hydrogen (secondary N) is 2. The third kappa shape index (κ3) is 9.22. The first kappa shape index (κ1) is 28.8. The second-order valence-corrected chi connectivity index (χ2v) is 9.92. The highest BCUT2D eigenvalue weighted by Crippen LogP contribution is 2.31. The van der Waals surface area contributed by atoms with Crippen molar-refractivity contribution >= 4 is 28.5 Å². The molecule has 1 fully saturated rings. The van der Waals surface area contributed by atoms with Gasteiger partial charge in [-0.2, -0.15) is 4.37 Å². The number of aromatic nitrogens is 1. The Balaban J connectivity index is 1.34. The van der Waals surface area contributed by atoms with E-state index in [-0.39, 0.29) is 29.7 Å². The topological polar surface area (TPSA) is 133 Å². The number of rotatable bonds is 14. The van der Waals surface area contributed by atoms with Gasteiger partial charge in [0, 0.05) is 44.8 Å². The third-order valence-electron chi connectivity index (χ3n) is 6.28. The minimum absolute atomic E-state index is 0.0372. The molecule has 204 valence electrons. The van der Waals surface area contributed by atoms with Crippen molar-refractivity contribution in [2.24, 2.45) is 5.73 Å². The summed E-state index contributed by atoms with van der Waals surface area (Å²) in [7, 11) is 0. The van der Waals surface area contributed by atoms with Crippen LogP contribution in [0, 0.1) is 12.7 Å². The number of hydrogen-bond donors (Lipinski definition) is 4. The largest absolute Gasteiger partial charge is 0.471 e. The summed E-state index contributed by atoms with van der Waals surface area (Å²) in [4.78, 5) is 29.0. The second-order valence-electron chi connectivity index (χ2n) is 9.14. The first-order valence-electron chi connectivity index (χ1n) is 12.6. The van der Waals surface area contributed by atoms with Crippen LogP contribution in [-0.2, 0) is 6.61 Å². The first-order chi connectivity index (χ1) is 17.9. The van der Waals surface area contributed by atoms with Crippen LogP contribution in [0.2, 0.25) is 0 Å². The summed E-state index contributed by atoms with van der Waals surface area (Å²) in [6.45, 7) is 8.32. The fraction of sp³-hybridized carbons (Fsp3) is 0.560. The van der Waals surface area contributed by atoms with Crippen LogP contribution in [0.3, 0.4) is 0 Å². The Morgan fingerprint density at radius 1 is 1.14 bits per heavy atom. The van der Waals surface area contributed by atoms with E-state index in [1.807, 2.05) is 0 Å². The van der Waals surface area contributed by atoms with Crippen LogP contribution in [0.4, 0.5) is 14.2 Å². The monoisotopic (exact) mass is 536 g/mol. The molecule has 0 spiro atoms. The molecule has 3 amide bonds. The molecule has 1 aromatic carbocycles. The van der Waals surface area contributed by atoms with Crippen molar-refractivity contribution in [2.45, 2.75) is 39.2 Å². The van der Waals surface area contributed by atoms with Gasteiger partial charge in [-0.3, -0.25) is 15.0 Å². The number of amides is 3. The Labute approximate surface area is 221 Å². The number of β-amino-alcohol motifs (C(OH)–C–C–N with tert-alkyl or cyclic N) is 1. The van der Waals surface area contributed by atoms with Gasteiger partial charge in [0.15, 0.2) is 0 Å². The molecule has 0 radical (unpaired) electrons. The summed E-state index contributed by atoms with van der Waals surface area (Å²) >= 11 is 0.880. The van der Waals surface area contributed by atoms with Crippen molar-refractivity contribution in [2.75, 3.05) is 57.7 Å². The van der Waals surface area contributed by atoms with E-state index in [0.29, 0.717) is 12.1 Å². The van der Waals surface area contributed by atoms with E-state index < -0.39 is 17.8 Å². The zero-order valence-electron chi connectivity index (χ0n) is 21.3. The molecule has 0 aliphatic carbocycles. The van der Waals surface area contributed by atoms with Crippen molar-refractivity contribution in [3.05, 3.63) is 40.7 Å². The first-order valence-corrected chi connectivity index (χ1v) is 13.4. The molecular formula is C25H37FN6O4S. The molecule has 10 nitrogen and oxygen atoms in total. The van der Waals surface area contributed by atoms with Gasteiger partial charge in [0.2, 0.25) is 5.88 Å². The highest BCUT2D eigenvalue weighted by molar-refractivity contribution is 7.11. The smallest absolute Gasteiger partial charge is 0.319 e. The lowest BCUT2D eigenvalue weighted by molar-refractivity contribution is 0.0996. The van der Waals surface area contributed by atoms with Crippen LogP contribution >= 0.6 is 11.5 Å². The number of carbonyl (C=O) groups excluding carboxylic acids is 2. The molecule has 0 bridgehead atoms. The van der Waals surface area contributed by atoms with Crippen LogP contribution in [0.5, 0.6) is 5.88 Å². The van der Waals surface area contributed by atoms with E-state index in [2.05, 4.69) is 24.8 Å². The lowest BCUT2D eigenvalue weighted by atomic mass is 10.1. The summed E-state index contributed by atoms with van der Waals surface area (Å²) < 4.78 is 23.7. The molecule has 1 aliphatic heterocycles. The summed E-state index contributed by atoms with van der Waals surface area (Å²) in [5, 5.41) is 14.6. The Hall–Kier alpha value is -2.80. The van der Waals surface area contributed by atoms with Gasteiger partial charge in [0.25, 0.3) is 5.91 Å². The minimum Gasteiger partial charge on any atom is -0.471 e. The summed E-state index contributed by atoms with van der Waals surface area (Å²) in [5.74, 6) is -1.24. The maximum Gasteiger partial charge on any atom is 0.319 e. The predicted octanol–water partition coefficient (Wildman–Crippen LogP) is 2.56. The van der Waals surface area contributed by atoms with Gasteiger partial charge in [-0.15, -0.1) is 0 Å². The quantitative estimate of drug-likeness (QED) is 0.273. The standard InChI is InChI=1S/C25H37FN6O4S/c1-18-6-7-19(20(26)16-18)17-36-23-21(22(27)34)24(37-30-23)29-25(35)28-8-4-2-3-5-9-31-10-12-32(13-11-31)14-15-33/h6-7,16,33H,2-5,8-15,17H2,1H3,(H2,27,34)(H2,28,29,35). The van der Waals surface area contributed by atoms with Gasteiger partial charge >= 0.3 is 6.03 Å². The van der Waals surface area contributed by atoms with Crippen molar-refractivity contribution in [3.63, 3.8) is 0 Å². The zero-order chi connectivity index (χ0) is 26.6. The molecule has 37 heavy (non-hydrogen) atoms. The number of ether oxygens (including phenoxy) is 1. The van der Waals surface area contributed by atoms with Gasteiger partial charge in [-0.25, -0.2) is 9.18 Å². The minimum atomic E-state index is -0.793. The number of primary amides is 1. The number of nitrogens with zero attached hydrogens (tertiary/aromatic N) is 3. The van der Waals surface area contributed by atoms with Crippen molar-refractivity contribution in [1.29, 1.82) is 0 Å². The van der Waals surface area contributed by atoms with E-state index in [1.165, 1.54) is 6.07 Å². The molecular weight excluding hydrogens is 499 g/mol. The number of hydrogen-bond acceptors (Lipinski definition) is 8. The number of piperazine rings is 1. The Kier molecular flexibility index (Phi) is 11.5. The predicted molar refractivity (Wildman–Crippen MR) is 142 cm³/mol. The number of anilines is 1. The average Bonchev–Trinajstić information content (AvgIpc) is 3.26. The van der Waals surface area contributed by atoms with Crippen molar-refractivity contribution < 1.29 is 23.8 Å². The Morgan fingerprint density at radius 3 is 2.51 bits per heavy atom. The molecule has 2 heterocycles. The van der Waals surface area contributed by atoms with E-state index >= 15 is 0 Å². The molecule has 5 N–H and O–H groups in total. The van der Waals surface area contributed by atoms with Crippen LogP contribution in [0.15, 0.2) is 18.2 Å². The number of carbonyl (C=O) groups is 2. The normalized spacial score (nSPS) is 14.5. The SMILES string of the molecule is Cc1ccc(COc2nsc(NC(=O)NCCCCCCN3CCN(CCO)CC3)c2C(N)=O)c(F)c1. The summed E-state index contributed by atoms with van der Waals surface area (Å²) in [5.41, 5.74) is 6.55. The summed E-state index contributed by atoms with van der Waals surface area (Å²) in [6.07, 6.45) is 4.05. The van der Waals surface area contributed by atoms with Crippen LogP contribution in [0.1, 0.15) is 47.2 Å². The van der Waals surface area contributed by atoms with Crippen LogP contribution in [0.25, 0.3) is 0 Å².